The van der Waals surface area contributed by atoms with Crippen LogP contribution in [0.2, 0.25) is 0 Å². The number of para-hydroxylation sites is 1. The van der Waals surface area contributed by atoms with Gasteiger partial charge >= 0.3 is 0 Å². The Balaban J connectivity index is 2.58. The van der Waals surface area contributed by atoms with Crippen molar-refractivity contribution in [2.24, 2.45) is 0 Å². The second-order valence-corrected chi connectivity index (χ2v) is 3.88. The van der Waals surface area contributed by atoms with Gasteiger partial charge in [-0.2, -0.15) is 0 Å². The molecular weight excluding hydrogens is 228 g/mol. The van der Waals surface area contributed by atoms with Crippen LogP contribution in [0, 0.1) is 0 Å². The Morgan fingerprint density at radius 1 is 0.889 bits per heavy atom. The fourth-order valence-electron chi connectivity index (χ4n) is 2.14. The Morgan fingerprint density at radius 2 is 1.67 bits per heavy atom. The Morgan fingerprint density at radius 3 is 2.44 bits per heavy atom. The van der Waals surface area contributed by atoms with Gasteiger partial charge in [-0.1, -0.05) is 18.2 Å². The molecule has 0 N–H and O–H groups in total. The number of benzene rings is 1. The minimum atomic E-state index is 0.587. The first-order valence-electron chi connectivity index (χ1n) is 5.60. The molecule has 0 bridgehead atoms. The summed E-state index contributed by atoms with van der Waals surface area (Å²) in [6.07, 6.45) is 1.69. The molecule has 3 rings (SSSR count). The van der Waals surface area contributed by atoms with E-state index in [0.29, 0.717) is 11.8 Å². The predicted molar refractivity (Wildman–Crippen MR) is 70.1 cm³/mol. The number of pyridine rings is 2. The first-order chi connectivity index (χ1) is 8.85. The van der Waals surface area contributed by atoms with Crippen LogP contribution >= 0.6 is 0 Å². The summed E-state index contributed by atoms with van der Waals surface area (Å²) >= 11 is 0. The number of nitrogens with zero attached hydrogens (tertiary/aromatic N) is 2. The highest BCUT2D eigenvalue weighted by atomic mass is 16.5. The van der Waals surface area contributed by atoms with Crippen LogP contribution in [0.15, 0.2) is 36.5 Å². The van der Waals surface area contributed by atoms with Crippen molar-refractivity contribution in [3.05, 3.63) is 36.5 Å². The van der Waals surface area contributed by atoms with Crippen LogP contribution < -0.4 is 9.47 Å². The van der Waals surface area contributed by atoms with Crippen LogP contribution in [-0.4, -0.2) is 24.2 Å². The molecule has 90 valence electrons. The lowest BCUT2D eigenvalue weighted by Crippen LogP contribution is -1.95. The van der Waals surface area contributed by atoms with Crippen LogP contribution in [0.3, 0.4) is 0 Å². The van der Waals surface area contributed by atoms with Crippen molar-refractivity contribution < 1.29 is 9.47 Å². The smallest absolute Gasteiger partial charge is 0.221 e. The van der Waals surface area contributed by atoms with E-state index in [4.69, 9.17) is 9.47 Å². The highest BCUT2D eigenvalue weighted by Gasteiger charge is 2.12. The van der Waals surface area contributed by atoms with Gasteiger partial charge in [-0.3, -0.25) is 0 Å². The predicted octanol–water partition coefficient (Wildman–Crippen LogP) is 2.80. The van der Waals surface area contributed by atoms with Gasteiger partial charge in [0, 0.05) is 11.6 Å². The standard InChI is InChI=1S/C14H12N2O2/c1-17-13-10-7-8-15-14(18-2)12(10)9-5-3-4-6-11(9)16-13/h3-8H,1-2H3. The molecule has 3 aromatic rings. The number of hydrogen-bond acceptors (Lipinski definition) is 4. The van der Waals surface area contributed by atoms with Crippen molar-refractivity contribution in [3.8, 4) is 11.8 Å². The third kappa shape index (κ3) is 1.46. The highest BCUT2D eigenvalue weighted by molar-refractivity contribution is 6.10. The number of fused-ring (bicyclic) bond motifs is 3. The Kier molecular flexibility index (Phi) is 2.48. The normalized spacial score (nSPS) is 10.8. The number of methoxy groups -OCH3 is 2. The van der Waals surface area contributed by atoms with E-state index in [-0.39, 0.29) is 0 Å². The van der Waals surface area contributed by atoms with Gasteiger partial charge in [0.15, 0.2) is 0 Å². The zero-order valence-electron chi connectivity index (χ0n) is 10.2. The lowest BCUT2D eigenvalue weighted by Gasteiger charge is -2.10. The number of ether oxygens (including phenoxy) is 2. The van der Waals surface area contributed by atoms with Crippen molar-refractivity contribution in [1.29, 1.82) is 0 Å². The first kappa shape index (κ1) is 10.8. The molecule has 1 aromatic carbocycles. The molecule has 0 atom stereocenters. The number of hydrogen-bond donors (Lipinski definition) is 0. The van der Waals surface area contributed by atoms with Gasteiger partial charge < -0.3 is 9.47 Å². The molecule has 0 fully saturated rings. The van der Waals surface area contributed by atoms with E-state index >= 15 is 0 Å². The molecule has 18 heavy (non-hydrogen) atoms. The quantitative estimate of drug-likeness (QED) is 0.646. The van der Waals surface area contributed by atoms with Crippen molar-refractivity contribution in [2.75, 3.05) is 14.2 Å². The highest BCUT2D eigenvalue weighted by Crippen LogP contribution is 2.34. The minimum Gasteiger partial charge on any atom is -0.481 e. The molecule has 0 saturated heterocycles. The fourth-order valence-corrected chi connectivity index (χ4v) is 2.14. The second kappa shape index (κ2) is 4.14. The van der Waals surface area contributed by atoms with Crippen LogP contribution in [0.1, 0.15) is 0 Å². The van der Waals surface area contributed by atoms with Gasteiger partial charge in [0.25, 0.3) is 0 Å². The average molecular weight is 240 g/mol. The summed E-state index contributed by atoms with van der Waals surface area (Å²) in [7, 11) is 3.23. The second-order valence-electron chi connectivity index (χ2n) is 3.88. The van der Waals surface area contributed by atoms with E-state index in [0.717, 1.165) is 21.7 Å². The van der Waals surface area contributed by atoms with E-state index in [2.05, 4.69) is 9.97 Å². The summed E-state index contributed by atoms with van der Waals surface area (Å²) in [4.78, 5) is 8.74. The summed E-state index contributed by atoms with van der Waals surface area (Å²) < 4.78 is 10.7. The van der Waals surface area contributed by atoms with Crippen molar-refractivity contribution >= 4 is 21.7 Å². The van der Waals surface area contributed by atoms with Crippen molar-refractivity contribution in [1.82, 2.24) is 9.97 Å². The van der Waals surface area contributed by atoms with Crippen LogP contribution in [0.25, 0.3) is 21.7 Å². The van der Waals surface area contributed by atoms with Gasteiger partial charge in [0.1, 0.15) is 0 Å². The molecular formula is C14H12N2O2. The minimum absolute atomic E-state index is 0.587. The summed E-state index contributed by atoms with van der Waals surface area (Å²) in [5, 5.41) is 2.85. The van der Waals surface area contributed by atoms with Crippen LogP contribution in [-0.2, 0) is 0 Å². The van der Waals surface area contributed by atoms with E-state index in [1.165, 1.54) is 0 Å². The molecule has 0 unspecified atom stereocenters. The zero-order valence-corrected chi connectivity index (χ0v) is 10.2. The summed E-state index contributed by atoms with van der Waals surface area (Å²) in [6, 6.07) is 9.76. The maximum Gasteiger partial charge on any atom is 0.221 e. The molecule has 2 aromatic heterocycles. The number of rotatable bonds is 2. The zero-order chi connectivity index (χ0) is 12.5. The monoisotopic (exact) mass is 240 g/mol. The molecule has 0 radical (unpaired) electrons. The lowest BCUT2D eigenvalue weighted by molar-refractivity contribution is 0.399. The molecule has 2 heterocycles. The molecule has 4 nitrogen and oxygen atoms in total. The van der Waals surface area contributed by atoms with Crippen LogP contribution in [0.4, 0.5) is 0 Å². The Labute approximate surface area is 104 Å². The number of aromatic nitrogens is 2. The Bertz CT molecular complexity index is 723. The average Bonchev–Trinajstić information content (AvgIpc) is 2.45. The SMILES string of the molecule is COc1nc2ccccc2c2c(OC)nccc12. The molecule has 0 aliphatic heterocycles. The molecule has 0 amide bonds. The van der Waals surface area contributed by atoms with Crippen molar-refractivity contribution in [3.63, 3.8) is 0 Å². The third-order valence-electron chi connectivity index (χ3n) is 2.93. The summed E-state index contributed by atoms with van der Waals surface area (Å²) in [5.74, 6) is 1.17. The molecule has 0 saturated carbocycles. The lowest BCUT2D eigenvalue weighted by atomic mass is 10.1. The van der Waals surface area contributed by atoms with E-state index in [9.17, 15) is 0 Å². The molecule has 0 aliphatic rings. The molecule has 4 heteroatoms. The van der Waals surface area contributed by atoms with Gasteiger partial charge in [-0.25, -0.2) is 9.97 Å². The summed E-state index contributed by atoms with van der Waals surface area (Å²) in [5.41, 5.74) is 0.869. The maximum atomic E-state index is 5.34. The third-order valence-corrected chi connectivity index (χ3v) is 2.93. The van der Waals surface area contributed by atoms with Gasteiger partial charge in [-0.05, 0) is 12.1 Å². The Hall–Kier alpha value is -2.36. The summed E-state index contributed by atoms with van der Waals surface area (Å²) in [6.45, 7) is 0. The molecule has 0 aliphatic carbocycles. The van der Waals surface area contributed by atoms with Gasteiger partial charge in [0.2, 0.25) is 11.8 Å². The first-order valence-corrected chi connectivity index (χ1v) is 5.60. The fraction of sp³-hybridized carbons (Fsp3) is 0.143. The molecule has 0 spiro atoms. The van der Waals surface area contributed by atoms with Gasteiger partial charge in [0.05, 0.1) is 30.5 Å². The topological polar surface area (TPSA) is 44.2 Å². The van der Waals surface area contributed by atoms with E-state index < -0.39 is 0 Å². The largest absolute Gasteiger partial charge is 0.481 e. The van der Waals surface area contributed by atoms with Crippen LogP contribution in [0.5, 0.6) is 11.8 Å². The van der Waals surface area contributed by atoms with E-state index in [1.54, 1.807) is 20.4 Å². The van der Waals surface area contributed by atoms with E-state index in [1.807, 2.05) is 30.3 Å². The van der Waals surface area contributed by atoms with Gasteiger partial charge in [-0.15, -0.1) is 0 Å². The maximum absolute atomic E-state index is 5.34. The van der Waals surface area contributed by atoms with Crippen molar-refractivity contribution in [2.45, 2.75) is 0 Å².